The van der Waals surface area contributed by atoms with Crippen LogP contribution in [-0.4, -0.2) is 9.55 Å². The normalized spacial score (nSPS) is 10.2. The standard InChI is InChI=1S/C12H10N2O2/c1-3-6-14-11(15)9-7-8(2)4-5-10(9)13-12(14)16/h1,4-5,7H,6H2,2H3,(H,13,16). The quantitative estimate of drug-likeness (QED) is 0.708. The van der Waals surface area contributed by atoms with E-state index >= 15 is 0 Å². The van der Waals surface area contributed by atoms with Crippen molar-refractivity contribution in [2.24, 2.45) is 0 Å². The highest BCUT2D eigenvalue weighted by molar-refractivity contribution is 5.77. The van der Waals surface area contributed by atoms with Crippen molar-refractivity contribution in [3.8, 4) is 12.3 Å². The van der Waals surface area contributed by atoms with Crippen molar-refractivity contribution < 1.29 is 0 Å². The van der Waals surface area contributed by atoms with Gasteiger partial charge in [-0.1, -0.05) is 17.6 Å². The second-order valence-electron chi connectivity index (χ2n) is 3.57. The molecule has 1 heterocycles. The minimum atomic E-state index is -0.473. The molecule has 0 amide bonds. The van der Waals surface area contributed by atoms with Gasteiger partial charge in [0.1, 0.15) is 0 Å². The fourth-order valence-electron chi connectivity index (χ4n) is 1.60. The molecule has 4 heteroatoms. The Balaban J connectivity index is 2.92. The number of fused-ring (bicyclic) bond motifs is 1. The molecule has 0 aliphatic heterocycles. The number of aromatic amines is 1. The number of terminal acetylenes is 1. The number of nitrogens with zero attached hydrogens (tertiary/aromatic N) is 1. The van der Waals surface area contributed by atoms with E-state index in [2.05, 4.69) is 10.9 Å². The molecule has 2 rings (SSSR count). The third kappa shape index (κ3) is 1.52. The summed E-state index contributed by atoms with van der Waals surface area (Å²) in [5, 5.41) is 0.481. The first kappa shape index (κ1) is 10.2. The van der Waals surface area contributed by atoms with Crippen LogP contribution < -0.4 is 11.2 Å². The van der Waals surface area contributed by atoms with Crippen molar-refractivity contribution in [3.05, 3.63) is 44.6 Å². The molecular formula is C12H10N2O2. The molecule has 0 bridgehead atoms. The molecule has 4 nitrogen and oxygen atoms in total. The van der Waals surface area contributed by atoms with Crippen molar-refractivity contribution in [1.82, 2.24) is 9.55 Å². The van der Waals surface area contributed by atoms with Crippen molar-refractivity contribution in [2.45, 2.75) is 13.5 Å². The van der Waals surface area contributed by atoms with Gasteiger partial charge in [-0.2, -0.15) is 0 Å². The van der Waals surface area contributed by atoms with Gasteiger partial charge in [-0.25, -0.2) is 9.36 Å². The molecule has 0 radical (unpaired) electrons. The van der Waals surface area contributed by atoms with Crippen LogP contribution in [0.3, 0.4) is 0 Å². The van der Waals surface area contributed by atoms with E-state index < -0.39 is 5.69 Å². The minimum Gasteiger partial charge on any atom is -0.307 e. The van der Waals surface area contributed by atoms with Crippen molar-refractivity contribution in [2.75, 3.05) is 0 Å². The molecule has 0 spiro atoms. The number of hydrogen-bond acceptors (Lipinski definition) is 2. The SMILES string of the molecule is C#CCn1c(=O)[nH]c2ccc(C)cc2c1=O. The predicted octanol–water partition coefficient (Wildman–Crippen LogP) is 0.631. The number of nitrogens with one attached hydrogen (secondary N) is 1. The highest BCUT2D eigenvalue weighted by Crippen LogP contribution is 2.07. The topological polar surface area (TPSA) is 54.9 Å². The van der Waals surface area contributed by atoms with Gasteiger partial charge in [0.15, 0.2) is 0 Å². The van der Waals surface area contributed by atoms with Gasteiger partial charge in [-0.3, -0.25) is 4.79 Å². The number of rotatable bonds is 1. The Labute approximate surface area is 91.5 Å². The Morgan fingerprint density at radius 2 is 2.19 bits per heavy atom. The van der Waals surface area contributed by atoms with Crippen molar-refractivity contribution in [1.29, 1.82) is 0 Å². The van der Waals surface area contributed by atoms with E-state index in [0.717, 1.165) is 10.1 Å². The van der Waals surface area contributed by atoms with Crippen LogP contribution in [0.5, 0.6) is 0 Å². The molecule has 0 saturated heterocycles. The lowest BCUT2D eigenvalue weighted by molar-refractivity contribution is 0.741. The van der Waals surface area contributed by atoms with Crippen LogP contribution in [0.15, 0.2) is 27.8 Å². The van der Waals surface area contributed by atoms with Crippen molar-refractivity contribution in [3.63, 3.8) is 0 Å². The molecule has 80 valence electrons. The summed E-state index contributed by atoms with van der Waals surface area (Å²) in [4.78, 5) is 26.1. The first-order chi connectivity index (χ1) is 7.63. The molecule has 16 heavy (non-hydrogen) atoms. The average Bonchev–Trinajstić information content (AvgIpc) is 2.26. The zero-order valence-corrected chi connectivity index (χ0v) is 8.78. The summed E-state index contributed by atoms with van der Waals surface area (Å²) in [5.74, 6) is 2.29. The van der Waals surface area contributed by atoms with E-state index in [1.165, 1.54) is 0 Å². The van der Waals surface area contributed by atoms with E-state index in [0.29, 0.717) is 10.9 Å². The van der Waals surface area contributed by atoms with Crippen LogP contribution in [-0.2, 0) is 6.54 Å². The van der Waals surface area contributed by atoms with Crippen LogP contribution in [0.2, 0.25) is 0 Å². The molecule has 0 aliphatic rings. The molecule has 1 aromatic heterocycles. The average molecular weight is 214 g/mol. The maximum Gasteiger partial charge on any atom is 0.329 e. The van der Waals surface area contributed by atoms with E-state index in [1.807, 2.05) is 13.0 Å². The molecule has 2 aromatic rings. The summed E-state index contributed by atoms with van der Waals surface area (Å²) in [6, 6.07) is 5.29. The summed E-state index contributed by atoms with van der Waals surface area (Å²) >= 11 is 0. The number of benzene rings is 1. The monoisotopic (exact) mass is 214 g/mol. The minimum absolute atomic E-state index is 0.0158. The Morgan fingerprint density at radius 3 is 2.88 bits per heavy atom. The molecule has 0 unspecified atom stereocenters. The lowest BCUT2D eigenvalue weighted by atomic mass is 10.2. The first-order valence-electron chi connectivity index (χ1n) is 4.80. The zero-order chi connectivity index (χ0) is 11.7. The number of H-pyrrole nitrogens is 1. The molecule has 0 fully saturated rings. The lowest BCUT2D eigenvalue weighted by Gasteiger charge is -2.03. The largest absolute Gasteiger partial charge is 0.329 e. The Kier molecular flexibility index (Phi) is 2.37. The molecule has 0 atom stereocenters. The summed E-state index contributed by atoms with van der Waals surface area (Å²) in [6.45, 7) is 1.87. The van der Waals surface area contributed by atoms with Crippen LogP contribution in [0, 0.1) is 19.3 Å². The van der Waals surface area contributed by atoms with Gasteiger partial charge in [-0.15, -0.1) is 6.42 Å². The van der Waals surface area contributed by atoms with Gasteiger partial charge in [0, 0.05) is 0 Å². The van der Waals surface area contributed by atoms with Gasteiger partial charge in [0.25, 0.3) is 5.56 Å². The highest BCUT2D eigenvalue weighted by atomic mass is 16.2. The predicted molar refractivity (Wildman–Crippen MR) is 62.4 cm³/mol. The Morgan fingerprint density at radius 1 is 1.44 bits per heavy atom. The van der Waals surface area contributed by atoms with Gasteiger partial charge >= 0.3 is 5.69 Å². The second kappa shape index (κ2) is 3.70. The van der Waals surface area contributed by atoms with Crippen molar-refractivity contribution >= 4 is 10.9 Å². The lowest BCUT2D eigenvalue weighted by Crippen LogP contribution is -2.34. The van der Waals surface area contributed by atoms with Gasteiger partial charge < -0.3 is 4.98 Å². The smallest absolute Gasteiger partial charge is 0.307 e. The first-order valence-corrected chi connectivity index (χ1v) is 4.80. The third-order valence-corrected chi connectivity index (χ3v) is 2.39. The molecular weight excluding hydrogens is 204 g/mol. The zero-order valence-electron chi connectivity index (χ0n) is 8.78. The summed E-state index contributed by atoms with van der Waals surface area (Å²) in [7, 11) is 0. The maximum absolute atomic E-state index is 11.9. The van der Waals surface area contributed by atoms with Crippen LogP contribution in [0.1, 0.15) is 5.56 Å². The maximum atomic E-state index is 11.9. The van der Waals surface area contributed by atoms with Crippen LogP contribution in [0.25, 0.3) is 10.9 Å². The van der Waals surface area contributed by atoms with E-state index in [9.17, 15) is 9.59 Å². The number of hydrogen-bond donors (Lipinski definition) is 1. The van der Waals surface area contributed by atoms with Crippen LogP contribution >= 0.6 is 0 Å². The summed E-state index contributed by atoms with van der Waals surface area (Å²) in [6.07, 6.45) is 5.11. The third-order valence-electron chi connectivity index (χ3n) is 2.39. The van der Waals surface area contributed by atoms with Gasteiger partial charge in [-0.05, 0) is 19.1 Å². The summed E-state index contributed by atoms with van der Waals surface area (Å²) in [5.41, 5.74) is 0.678. The Hall–Kier alpha value is -2.28. The number of aryl methyl sites for hydroxylation is 1. The molecule has 0 aliphatic carbocycles. The Bertz CT molecular complexity index is 702. The number of aromatic nitrogens is 2. The van der Waals surface area contributed by atoms with E-state index in [-0.39, 0.29) is 12.1 Å². The van der Waals surface area contributed by atoms with Gasteiger partial charge in [0.05, 0.1) is 17.4 Å². The second-order valence-corrected chi connectivity index (χ2v) is 3.57. The fraction of sp³-hybridized carbons (Fsp3) is 0.167. The molecule has 0 saturated carbocycles. The fourth-order valence-corrected chi connectivity index (χ4v) is 1.60. The van der Waals surface area contributed by atoms with E-state index in [4.69, 9.17) is 6.42 Å². The molecule has 1 N–H and O–H groups in total. The van der Waals surface area contributed by atoms with Crippen LogP contribution in [0.4, 0.5) is 0 Å². The summed E-state index contributed by atoms with van der Waals surface area (Å²) < 4.78 is 1.02. The molecule has 1 aromatic carbocycles. The van der Waals surface area contributed by atoms with E-state index in [1.54, 1.807) is 12.1 Å². The van der Waals surface area contributed by atoms with Gasteiger partial charge in [0.2, 0.25) is 0 Å². The highest BCUT2D eigenvalue weighted by Gasteiger charge is 2.06.